The number of fused-ring (bicyclic) bond motifs is 1. The fourth-order valence-electron chi connectivity index (χ4n) is 1.98. The van der Waals surface area contributed by atoms with Crippen LogP contribution < -0.4 is 0 Å². The molecule has 4 heteroatoms. The highest BCUT2D eigenvalue weighted by Crippen LogP contribution is 2.27. The molecule has 1 aromatic carbocycles. The Kier molecular flexibility index (Phi) is 4.55. The number of hydrogen-bond acceptors (Lipinski definition) is 4. The summed E-state index contributed by atoms with van der Waals surface area (Å²) in [6.07, 6.45) is 5.04. The molecule has 0 saturated heterocycles. The molecule has 18 heavy (non-hydrogen) atoms. The minimum atomic E-state index is 0.999. The van der Waals surface area contributed by atoms with Gasteiger partial charge in [0.1, 0.15) is 0 Å². The number of hydrogen-bond donors (Lipinski definition) is 0. The Morgan fingerprint density at radius 2 is 2.17 bits per heavy atom. The van der Waals surface area contributed by atoms with Gasteiger partial charge in [0.25, 0.3) is 0 Å². The van der Waals surface area contributed by atoms with Gasteiger partial charge in [-0.3, -0.25) is 0 Å². The van der Waals surface area contributed by atoms with Gasteiger partial charge in [0.2, 0.25) is 0 Å². The molecule has 0 amide bonds. The van der Waals surface area contributed by atoms with E-state index in [0.29, 0.717) is 0 Å². The lowest BCUT2D eigenvalue weighted by Crippen LogP contribution is -2.20. The zero-order valence-electron chi connectivity index (χ0n) is 11.2. The van der Waals surface area contributed by atoms with E-state index in [1.54, 1.807) is 11.8 Å². The number of rotatable bonds is 5. The van der Waals surface area contributed by atoms with Crippen molar-refractivity contribution in [3.05, 3.63) is 30.0 Å². The average Bonchev–Trinajstić information content (AvgIpc) is 2.43. The summed E-state index contributed by atoms with van der Waals surface area (Å²) in [5.41, 5.74) is 2.30. The predicted octanol–water partition coefficient (Wildman–Crippen LogP) is 2.85. The lowest BCUT2D eigenvalue weighted by molar-refractivity contribution is 0.358. The first kappa shape index (κ1) is 13.3. The van der Waals surface area contributed by atoms with Crippen molar-refractivity contribution >= 4 is 22.7 Å². The molecule has 0 fully saturated rings. The standard InChI is InChI=1S/C14H19N3S/c1-4-17(2)9-8-11-10-15-16-12-6-5-7-13(18-3)14(11)12/h5-7,10H,4,8-9H2,1-3H3. The largest absolute Gasteiger partial charge is 0.306 e. The Balaban J connectivity index is 2.37. The van der Waals surface area contributed by atoms with E-state index in [1.165, 1.54) is 15.8 Å². The van der Waals surface area contributed by atoms with Gasteiger partial charge in [-0.1, -0.05) is 13.0 Å². The first-order valence-corrected chi connectivity index (χ1v) is 7.44. The van der Waals surface area contributed by atoms with E-state index < -0.39 is 0 Å². The predicted molar refractivity (Wildman–Crippen MR) is 78.2 cm³/mol. The van der Waals surface area contributed by atoms with Gasteiger partial charge in [0.15, 0.2) is 0 Å². The van der Waals surface area contributed by atoms with Gasteiger partial charge in [-0.2, -0.15) is 10.2 Å². The van der Waals surface area contributed by atoms with Gasteiger partial charge < -0.3 is 4.90 Å². The van der Waals surface area contributed by atoms with E-state index in [0.717, 1.165) is 25.0 Å². The second kappa shape index (κ2) is 6.16. The smallest absolute Gasteiger partial charge is 0.0943 e. The third kappa shape index (κ3) is 2.82. The lowest BCUT2D eigenvalue weighted by Gasteiger charge is -2.14. The second-order valence-corrected chi connectivity index (χ2v) is 5.22. The van der Waals surface area contributed by atoms with Crippen LogP contribution in [-0.2, 0) is 6.42 Å². The molecule has 2 aromatic rings. The van der Waals surface area contributed by atoms with Crippen molar-refractivity contribution in [3.63, 3.8) is 0 Å². The quantitative estimate of drug-likeness (QED) is 0.774. The van der Waals surface area contributed by atoms with Crippen molar-refractivity contribution in [2.75, 3.05) is 26.4 Å². The minimum absolute atomic E-state index is 0.999. The first-order chi connectivity index (χ1) is 8.76. The Morgan fingerprint density at radius 3 is 2.89 bits per heavy atom. The van der Waals surface area contributed by atoms with Crippen molar-refractivity contribution in [1.82, 2.24) is 15.1 Å². The summed E-state index contributed by atoms with van der Waals surface area (Å²) < 4.78 is 0. The zero-order valence-corrected chi connectivity index (χ0v) is 12.0. The van der Waals surface area contributed by atoms with E-state index in [2.05, 4.69) is 41.4 Å². The third-order valence-corrected chi connectivity index (χ3v) is 4.01. The molecular formula is C14H19N3S. The Labute approximate surface area is 113 Å². The maximum absolute atomic E-state index is 4.22. The first-order valence-electron chi connectivity index (χ1n) is 6.22. The van der Waals surface area contributed by atoms with Crippen LogP contribution in [0.1, 0.15) is 12.5 Å². The molecule has 1 heterocycles. The molecule has 0 spiro atoms. The zero-order chi connectivity index (χ0) is 13.0. The van der Waals surface area contributed by atoms with Crippen LogP contribution in [0.25, 0.3) is 10.9 Å². The molecule has 3 nitrogen and oxygen atoms in total. The lowest BCUT2D eigenvalue weighted by atomic mass is 10.1. The van der Waals surface area contributed by atoms with Crippen LogP contribution in [0.15, 0.2) is 29.3 Å². The van der Waals surface area contributed by atoms with Crippen molar-refractivity contribution in [3.8, 4) is 0 Å². The summed E-state index contributed by atoms with van der Waals surface area (Å²) in [7, 11) is 2.15. The van der Waals surface area contributed by atoms with Crippen LogP contribution in [0.4, 0.5) is 0 Å². The molecule has 0 bridgehead atoms. The van der Waals surface area contributed by atoms with Crippen LogP contribution in [0.5, 0.6) is 0 Å². The highest BCUT2D eigenvalue weighted by atomic mass is 32.2. The van der Waals surface area contributed by atoms with Crippen LogP contribution in [0.3, 0.4) is 0 Å². The van der Waals surface area contributed by atoms with Crippen molar-refractivity contribution in [2.24, 2.45) is 0 Å². The SMILES string of the molecule is CCN(C)CCc1cnnc2cccc(SC)c12. The van der Waals surface area contributed by atoms with Gasteiger partial charge in [0, 0.05) is 16.8 Å². The second-order valence-electron chi connectivity index (χ2n) is 4.37. The Bertz CT molecular complexity index is 522. The fourth-order valence-corrected chi connectivity index (χ4v) is 2.63. The summed E-state index contributed by atoms with van der Waals surface area (Å²) in [5, 5.41) is 9.60. The van der Waals surface area contributed by atoms with Crippen LogP contribution in [-0.4, -0.2) is 41.5 Å². The van der Waals surface area contributed by atoms with Gasteiger partial charge in [0.05, 0.1) is 11.7 Å². The van der Waals surface area contributed by atoms with Gasteiger partial charge in [-0.05, 0) is 44.0 Å². The molecule has 2 rings (SSSR count). The molecular weight excluding hydrogens is 242 g/mol. The van der Waals surface area contributed by atoms with E-state index in [4.69, 9.17) is 0 Å². The van der Waals surface area contributed by atoms with Gasteiger partial charge in [-0.15, -0.1) is 11.8 Å². The Morgan fingerprint density at radius 1 is 1.33 bits per heavy atom. The molecule has 0 saturated carbocycles. The molecule has 0 aliphatic rings. The number of nitrogens with zero attached hydrogens (tertiary/aromatic N) is 3. The highest BCUT2D eigenvalue weighted by Gasteiger charge is 2.08. The van der Waals surface area contributed by atoms with E-state index >= 15 is 0 Å². The highest BCUT2D eigenvalue weighted by molar-refractivity contribution is 7.98. The molecule has 0 radical (unpaired) electrons. The van der Waals surface area contributed by atoms with E-state index in [-0.39, 0.29) is 0 Å². The maximum Gasteiger partial charge on any atom is 0.0943 e. The number of likely N-dealkylation sites (N-methyl/N-ethyl adjacent to an activating group) is 1. The number of aromatic nitrogens is 2. The molecule has 0 atom stereocenters. The Hall–Kier alpha value is -1.13. The average molecular weight is 261 g/mol. The van der Waals surface area contributed by atoms with Crippen LogP contribution >= 0.6 is 11.8 Å². The summed E-state index contributed by atoms with van der Waals surface area (Å²) in [6, 6.07) is 6.24. The molecule has 96 valence electrons. The molecule has 0 aliphatic carbocycles. The van der Waals surface area contributed by atoms with E-state index in [9.17, 15) is 0 Å². The fraction of sp³-hybridized carbons (Fsp3) is 0.429. The van der Waals surface area contributed by atoms with Gasteiger partial charge >= 0.3 is 0 Å². The normalized spacial score (nSPS) is 11.3. The minimum Gasteiger partial charge on any atom is -0.306 e. The molecule has 0 unspecified atom stereocenters. The molecule has 0 aliphatic heterocycles. The van der Waals surface area contributed by atoms with Crippen molar-refractivity contribution in [2.45, 2.75) is 18.2 Å². The number of benzene rings is 1. The summed E-state index contributed by atoms with van der Waals surface area (Å²) >= 11 is 1.77. The third-order valence-electron chi connectivity index (χ3n) is 3.23. The van der Waals surface area contributed by atoms with Crippen molar-refractivity contribution in [1.29, 1.82) is 0 Å². The molecule has 1 aromatic heterocycles. The summed E-state index contributed by atoms with van der Waals surface area (Å²) in [5.74, 6) is 0. The monoisotopic (exact) mass is 261 g/mol. The van der Waals surface area contributed by atoms with Crippen LogP contribution in [0.2, 0.25) is 0 Å². The topological polar surface area (TPSA) is 29.0 Å². The van der Waals surface area contributed by atoms with Gasteiger partial charge in [-0.25, -0.2) is 0 Å². The number of thioether (sulfide) groups is 1. The van der Waals surface area contributed by atoms with E-state index in [1.807, 2.05) is 18.3 Å². The summed E-state index contributed by atoms with van der Waals surface area (Å²) in [6.45, 7) is 4.31. The maximum atomic E-state index is 4.22. The van der Waals surface area contributed by atoms with Crippen molar-refractivity contribution < 1.29 is 0 Å². The summed E-state index contributed by atoms with van der Waals surface area (Å²) in [4.78, 5) is 3.60. The van der Waals surface area contributed by atoms with Crippen LogP contribution in [0, 0.1) is 0 Å². The molecule has 0 N–H and O–H groups in total.